The van der Waals surface area contributed by atoms with Gasteiger partial charge < -0.3 is 31.9 Å². The predicted molar refractivity (Wildman–Crippen MR) is 127 cm³/mol. The number of carbonyl (C=O) groups is 4. The highest BCUT2D eigenvalue weighted by atomic mass is 32.1. The molecule has 0 aromatic heterocycles. The third-order valence-corrected chi connectivity index (χ3v) is 5.24. The number of nitrogens with one attached hydrogen (secondary N) is 3. The molecule has 11 heteroatoms. The Balaban J connectivity index is 2.87. The molecule has 10 nitrogen and oxygen atoms in total. The van der Waals surface area contributed by atoms with E-state index in [4.69, 9.17) is 5.73 Å². The number of benzene rings is 1. The molecule has 0 radical (unpaired) electrons. The van der Waals surface area contributed by atoms with Crippen LogP contribution in [0.2, 0.25) is 0 Å². The molecule has 0 aliphatic carbocycles. The molecule has 1 aromatic carbocycles. The van der Waals surface area contributed by atoms with E-state index in [1.165, 1.54) is 6.92 Å². The van der Waals surface area contributed by atoms with Gasteiger partial charge in [0.15, 0.2) is 0 Å². The molecule has 33 heavy (non-hydrogen) atoms. The molecule has 1 rings (SSSR count). The zero-order valence-electron chi connectivity index (χ0n) is 19.0. The van der Waals surface area contributed by atoms with Gasteiger partial charge in [-0.25, -0.2) is 4.79 Å². The first kappa shape index (κ1) is 28.4. The summed E-state index contributed by atoms with van der Waals surface area (Å²) in [6.07, 6.45) is -0.781. The number of aliphatic carboxylic acids is 1. The monoisotopic (exact) mass is 482 g/mol. The Morgan fingerprint density at radius 1 is 0.909 bits per heavy atom. The highest BCUT2D eigenvalue weighted by Gasteiger charge is 2.30. The Kier molecular flexibility index (Phi) is 11.9. The van der Waals surface area contributed by atoms with Crippen molar-refractivity contribution in [2.75, 3.05) is 5.75 Å². The van der Waals surface area contributed by atoms with Crippen LogP contribution in [0.3, 0.4) is 0 Å². The molecule has 0 saturated carbocycles. The summed E-state index contributed by atoms with van der Waals surface area (Å²) in [4.78, 5) is 49.4. The number of hydrogen-bond acceptors (Lipinski definition) is 7. The number of aliphatic hydroxyl groups is 1. The van der Waals surface area contributed by atoms with Crippen molar-refractivity contribution in [2.45, 2.75) is 63.9 Å². The summed E-state index contributed by atoms with van der Waals surface area (Å²) in [5.41, 5.74) is 6.36. The van der Waals surface area contributed by atoms with E-state index >= 15 is 0 Å². The molecule has 0 heterocycles. The van der Waals surface area contributed by atoms with E-state index in [1.54, 1.807) is 30.3 Å². The van der Waals surface area contributed by atoms with Crippen LogP contribution in [-0.2, 0) is 25.6 Å². The fourth-order valence-corrected chi connectivity index (χ4v) is 3.24. The van der Waals surface area contributed by atoms with Gasteiger partial charge in [-0.1, -0.05) is 44.2 Å². The quantitative estimate of drug-likeness (QED) is 0.185. The summed E-state index contributed by atoms with van der Waals surface area (Å²) >= 11 is 4.11. The fourth-order valence-electron chi connectivity index (χ4n) is 2.98. The molecular formula is C22H34N4O6S. The van der Waals surface area contributed by atoms with Crippen LogP contribution in [0.4, 0.5) is 0 Å². The smallest absolute Gasteiger partial charge is 0.326 e. The van der Waals surface area contributed by atoms with E-state index in [0.717, 1.165) is 5.56 Å². The summed E-state index contributed by atoms with van der Waals surface area (Å²) in [5.74, 6) is -3.34. The zero-order chi connectivity index (χ0) is 25.1. The van der Waals surface area contributed by atoms with Gasteiger partial charge in [0.05, 0.1) is 6.10 Å². The van der Waals surface area contributed by atoms with Gasteiger partial charge in [-0.3, -0.25) is 14.4 Å². The number of carboxylic acid groups (broad SMARTS) is 1. The van der Waals surface area contributed by atoms with Gasteiger partial charge >= 0.3 is 5.97 Å². The number of nitrogens with two attached hydrogens (primary N) is 1. The number of amides is 3. The van der Waals surface area contributed by atoms with Crippen LogP contribution in [0.1, 0.15) is 32.8 Å². The van der Waals surface area contributed by atoms with Crippen LogP contribution in [0.25, 0.3) is 0 Å². The highest BCUT2D eigenvalue weighted by molar-refractivity contribution is 7.80. The SMILES string of the molecule is CC(C)CC(NC(=O)C(N)C(C)O)C(=O)NC(CS)C(=O)NC(Cc1ccccc1)C(=O)O. The maximum atomic E-state index is 12.8. The minimum atomic E-state index is -1.22. The molecule has 1 aromatic rings. The summed E-state index contributed by atoms with van der Waals surface area (Å²) in [7, 11) is 0. The topological polar surface area (TPSA) is 171 Å². The maximum absolute atomic E-state index is 12.8. The van der Waals surface area contributed by atoms with Crippen molar-refractivity contribution in [3.63, 3.8) is 0 Å². The Bertz CT molecular complexity index is 805. The standard InChI is InChI=1S/C22H34N4O6S/c1-12(2)9-15(24-21(30)18(23)13(3)27)19(28)26-17(11-33)20(29)25-16(22(31)32)10-14-7-5-4-6-8-14/h4-8,12-13,15-18,27,33H,9-11,23H2,1-3H3,(H,24,30)(H,25,29)(H,26,28)(H,31,32). The summed E-state index contributed by atoms with van der Waals surface area (Å²) in [6.45, 7) is 5.06. The second kappa shape index (κ2) is 13.8. The minimum absolute atomic E-state index is 0.0226. The second-order valence-corrected chi connectivity index (χ2v) is 8.66. The Morgan fingerprint density at radius 2 is 1.42 bits per heavy atom. The second-order valence-electron chi connectivity index (χ2n) is 8.29. The van der Waals surface area contributed by atoms with E-state index in [-0.39, 0.29) is 24.5 Å². The normalized spacial score (nSPS) is 15.6. The van der Waals surface area contributed by atoms with Crippen molar-refractivity contribution in [2.24, 2.45) is 11.7 Å². The van der Waals surface area contributed by atoms with Crippen molar-refractivity contribution < 1.29 is 29.4 Å². The highest BCUT2D eigenvalue weighted by Crippen LogP contribution is 2.08. The van der Waals surface area contributed by atoms with Crippen molar-refractivity contribution in [1.82, 2.24) is 16.0 Å². The summed E-state index contributed by atoms with van der Waals surface area (Å²) < 4.78 is 0. The van der Waals surface area contributed by atoms with Crippen LogP contribution in [-0.4, -0.2) is 69.9 Å². The van der Waals surface area contributed by atoms with E-state index in [9.17, 15) is 29.4 Å². The average molecular weight is 483 g/mol. The van der Waals surface area contributed by atoms with Crippen molar-refractivity contribution in [3.8, 4) is 0 Å². The van der Waals surface area contributed by atoms with Crippen molar-refractivity contribution in [1.29, 1.82) is 0 Å². The number of rotatable bonds is 13. The lowest BCUT2D eigenvalue weighted by Gasteiger charge is -2.25. The van der Waals surface area contributed by atoms with Gasteiger partial charge in [0, 0.05) is 12.2 Å². The summed E-state index contributed by atoms with van der Waals surface area (Å²) in [5, 5.41) is 26.5. The number of carboxylic acids is 1. The lowest BCUT2D eigenvalue weighted by atomic mass is 10.0. The molecule has 0 aliphatic heterocycles. The molecule has 0 aliphatic rings. The van der Waals surface area contributed by atoms with E-state index < -0.39 is 54.0 Å². The largest absolute Gasteiger partial charge is 0.480 e. The van der Waals surface area contributed by atoms with Crippen LogP contribution >= 0.6 is 12.6 Å². The van der Waals surface area contributed by atoms with Crippen LogP contribution in [0.5, 0.6) is 0 Å². The number of hydrogen-bond donors (Lipinski definition) is 7. The predicted octanol–water partition coefficient (Wildman–Crippen LogP) is -0.548. The van der Waals surface area contributed by atoms with Crippen LogP contribution in [0.15, 0.2) is 30.3 Å². The average Bonchev–Trinajstić information content (AvgIpc) is 2.75. The first-order valence-electron chi connectivity index (χ1n) is 10.7. The zero-order valence-corrected chi connectivity index (χ0v) is 19.9. The van der Waals surface area contributed by atoms with Crippen molar-refractivity contribution >= 4 is 36.3 Å². The third-order valence-electron chi connectivity index (χ3n) is 4.88. The molecule has 0 saturated heterocycles. The van der Waals surface area contributed by atoms with E-state index in [2.05, 4.69) is 28.6 Å². The van der Waals surface area contributed by atoms with E-state index in [1.807, 2.05) is 13.8 Å². The number of aliphatic hydroxyl groups excluding tert-OH is 1. The maximum Gasteiger partial charge on any atom is 0.326 e. The van der Waals surface area contributed by atoms with E-state index in [0.29, 0.717) is 0 Å². The fraction of sp³-hybridized carbons (Fsp3) is 0.545. The van der Waals surface area contributed by atoms with Gasteiger partial charge in [-0.15, -0.1) is 0 Å². The van der Waals surface area contributed by atoms with Crippen LogP contribution in [0, 0.1) is 5.92 Å². The third kappa shape index (κ3) is 9.80. The van der Waals surface area contributed by atoms with Gasteiger partial charge in [0.25, 0.3) is 0 Å². The van der Waals surface area contributed by atoms with Gasteiger partial charge in [0.1, 0.15) is 24.2 Å². The molecule has 5 unspecified atom stereocenters. The molecule has 3 amide bonds. The van der Waals surface area contributed by atoms with Gasteiger partial charge in [0.2, 0.25) is 17.7 Å². The lowest BCUT2D eigenvalue weighted by Crippen LogP contribution is -2.58. The summed E-state index contributed by atoms with van der Waals surface area (Å²) in [6, 6.07) is 4.27. The Hall–Kier alpha value is -2.63. The van der Waals surface area contributed by atoms with Crippen LogP contribution < -0.4 is 21.7 Å². The molecule has 7 N–H and O–H groups in total. The van der Waals surface area contributed by atoms with Gasteiger partial charge in [-0.05, 0) is 24.8 Å². The van der Waals surface area contributed by atoms with Crippen molar-refractivity contribution in [3.05, 3.63) is 35.9 Å². The number of carbonyl (C=O) groups excluding carboxylic acids is 3. The Morgan fingerprint density at radius 3 is 1.91 bits per heavy atom. The molecule has 5 atom stereocenters. The minimum Gasteiger partial charge on any atom is -0.480 e. The lowest BCUT2D eigenvalue weighted by molar-refractivity contribution is -0.142. The van der Waals surface area contributed by atoms with Gasteiger partial charge in [-0.2, -0.15) is 12.6 Å². The molecule has 184 valence electrons. The molecular weight excluding hydrogens is 448 g/mol. The molecule has 0 spiro atoms. The first-order chi connectivity index (χ1) is 15.5. The number of thiol groups is 1. The molecule has 0 bridgehead atoms. The first-order valence-corrected chi connectivity index (χ1v) is 11.3. The molecule has 0 fully saturated rings. The Labute approximate surface area is 199 Å².